The van der Waals surface area contributed by atoms with Crippen molar-refractivity contribution in [2.75, 3.05) is 19.5 Å². The number of carboxylic acid groups (broad SMARTS) is 1. The van der Waals surface area contributed by atoms with Crippen molar-refractivity contribution in [1.29, 1.82) is 0 Å². The third kappa shape index (κ3) is 8.10. The summed E-state index contributed by atoms with van der Waals surface area (Å²) in [6.07, 6.45) is 3.11. The fourth-order valence-corrected chi connectivity index (χ4v) is 5.41. The van der Waals surface area contributed by atoms with Gasteiger partial charge in [0.15, 0.2) is 11.5 Å². The van der Waals surface area contributed by atoms with Crippen LogP contribution in [0.3, 0.4) is 0 Å². The first-order valence-electron chi connectivity index (χ1n) is 14.2. The van der Waals surface area contributed by atoms with E-state index in [2.05, 4.69) is 35.0 Å². The minimum atomic E-state index is -1.06. The number of carbonyl (C=O) groups excluding carboxylic acids is 2. The zero-order valence-corrected chi connectivity index (χ0v) is 24.3. The van der Waals surface area contributed by atoms with E-state index in [-0.39, 0.29) is 30.7 Å². The van der Waals surface area contributed by atoms with Crippen molar-refractivity contribution in [1.82, 2.24) is 10.4 Å². The van der Waals surface area contributed by atoms with Gasteiger partial charge in [-0.3, -0.25) is 19.4 Å². The summed E-state index contributed by atoms with van der Waals surface area (Å²) in [4.78, 5) is 38.4. The number of hydrogen-bond acceptors (Lipinski definition) is 6. The van der Waals surface area contributed by atoms with E-state index in [9.17, 15) is 19.5 Å². The van der Waals surface area contributed by atoms with Crippen LogP contribution in [0.2, 0.25) is 0 Å². The van der Waals surface area contributed by atoms with E-state index in [0.717, 1.165) is 19.3 Å². The summed E-state index contributed by atoms with van der Waals surface area (Å²) in [5.74, 6) is -1.31. The molecule has 9 heteroatoms. The minimum absolute atomic E-state index is 0.00803. The van der Waals surface area contributed by atoms with Crippen LogP contribution >= 0.6 is 0 Å². The van der Waals surface area contributed by atoms with Crippen molar-refractivity contribution in [3.8, 4) is 11.5 Å². The standard InChI is InChI=1S/C33H39N3O6/c1-22-18-26(20-31(37)34-27-15-12-24(13-16-27)11-7-10-23-8-5-4-6-9-23)33(40)36(35-22)28(21-32(38)39)25-14-17-29(41-2)30(19-25)42-3/h4-6,8-9,12-17,19,22,26,28,35H,7,10-11,18,20-21H2,1-3H3,(H,34,37)(H,38,39)/t22?,26?,28-/m0/s1. The Kier molecular flexibility index (Phi) is 10.6. The number of aliphatic carboxylic acids is 1. The zero-order chi connectivity index (χ0) is 30.1. The SMILES string of the molecule is COc1ccc([C@H](CC(=O)O)N2NC(C)CC(CC(=O)Nc3ccc(CCCc4ccccc4)cc3)C2=O)cc1OC. The Hall–Kier alpha value is -4.37. The van der Waals surface area contributed by atoms with Gasteiger partial charge in [-0.25, -0.2) is 5.43 Å². The predicted molar refractivity (Wildman–Crippen MR) is 160 cm³/mol. The van der Waals surface area contributed by atoms with Crippen LogP contribution in [0.4, 0.5) is 5.69 Å². The van der Waals surface area contributed by atoms with Crippen LogP contribution in [-0.2, 0) is 27.2 Å². The lowest BCUT2D eigenvalue weighted by Crippen LogP contribution is -2.57. The number of nitrogens with zero attached hydrogens (tertiary/aromatic N) is 1. The first-order chi connectivity index (χ1) is 20.3. The summed E-state index contributed by atoms with van der Waals surface area (Å²) in [6.45, 7) is 1.91. The highest BCUT2D eigenvalue weighted by molar-refractivity contribution is 5.94. The second-order valence-electron chi connectivity index (χ2n) is 10.7. The molecule has 1 aliphatic heterocycles. The molecule has 1 fully saturated rings. The summed E-state index contributed by atoms with van der Waals surface area (Å²) < 4.78 is 10.7. The number of benzene rings is 3. The molecular formula is C33H39N3O6. The smallest absolute Gasteiger partial charge is 0.305 e. The molecule has 3 atom stereocenters. The molecule has 2 amide bonds. The van der Waals surface area contributed by atoms with E-state index in [1.165, 1.54) is 30.4 Å². The van der Waals surface area contributed by atoms with E-state index >= 15 is 0 Å². The molecule has 0 radical (unpaired) electrons. The number of anilines is 1. The highest BCUT2D eigenvalue weighted by Crippen LogP contribution is 2.35. The number of ether oxygens (including phenoxy) is 2. The molecule has 3 N–H and O–H groups in total. The third-order valence-corrected chi connectivity index (χ3v) is 7.50. The van der Waals surface area contributed by atoms with Crippen molar-refractivity contribution in [2.45, 2.75) is 57.5 Å². The van der Waals surface area contributed by atoms with Gasteiger partial charge in [0.05, 0.1) is 26.7 Å². The largest absolute Gasteiger partial charge is 0.493 e. The molecule has 3 aromatic rings. The summed E-state index contributed by atoms with van der Waals surface area (Å²) in [7, 11) is 3.01. The number of methoxy groups -OCH3 is 2. The lowest BCUT2D eigenvalue weighted by atomic mass is 9.91. The van der Waals surface area contributed by atoms with Crippen molar-refractivity contribution in [2.24, 2.45) is 5.92 Å². The Balaban J connectivity index is 1.39. The number of aryl methyl sites for hydroxylation is 2. The fourth-order valence-electron chi connectivity index (χ4n) is 5.41. The molecule has 0 spiro atoms. The minimum Gasteiger partial charge on any atom is -0.493 e. The predicted octanol–water partition coefficient (Wildman–Crippen LogP) is 5.17. The number of carbonyl (C=O) groups is 3. The van der Waals surface area contributed by atoms with Crippen LogP contribution in [0, 0.1) is 5.92 Å². The van der Waals surface area contributed by atoms with E-state index in [0.29, 0.717) is 29.2 Å². The number of hydrazine groups is 1. The van der Waals surface area contributed by atoms with Crippen molar-refractivity contribution in [3.05, 3.63) is 89.5 Å². The topological polar surface area (TPSA) is 117 Å². The number of hydrogen-bond donors (Lipinski definition) is 3. The van der Waals surface area contributed by atoms with Crippen LogP contribution in [0.15, 0.2) is 72.8 Å². The van der Waals surface area contributed by atoms with Gasteiger partial charge in [0.25, 0.3) is 0 Å². The van der Waals surface area contributed by atoms with Gasteiger partial charge in [-0.2, -0.15) is 0 Å². The van der Waals surface area contributed by atoms with E-state index in [1.54, 1.807) is 18.2 Å². The zero-order valence-electron chi connectivity index (χ0n) is 24.3. The highest BCUT2D eigenvalue weighted by Gasteiger charge is 2.38. The molecule has 0 saturated carbocycles. The van der Waals surface area contributed by atoms with Crippen LogP contribution in [0.1, 0.15) is 55.3 Å². The molecule has 0 aromatic heterocycles. The summed E-state index contributed by atoms with van der Waals surface area (Å²) in [5.41, 5.74) is 6.91. The van der Waals surface area contributed by atoms with Gasteiger partial charge >= 0.3 is 5.97 Å². The lowest BCUT2D eigenvalue weighted by molar-refractivity contribution is -0.152. The van der Waals surface area contributed by atoms with Gasteiger partial charge in [0.2, 0.25) is 11.8 Å². The van der Waals surface area contributed by atoms with Crippen LogP contribution in [-0.4, -0.2) is 48.2 Å². The van der Waals surface area contributed by atoms with E-state index in [1.807, 2.05) is 37.3 Å². The molecular weight excluding hydrogens is 534 g/mol. The molecule has 0 aliphatic carbocycles. The monoisotopic (exact) mass is 573 g/mol. The number of nitrogens with one attached hydrogen (secondary N) is 2. The first kappa shape index (κ1) is 30.6. The maximum absolute atomic E-state index is 13.6. The fraction of sp³-hybridized carbons (Fsp3) is 0.364. The van der Waals surface area contributed by atoms with Crippen molar-refractivity contribution < 1.29 is 29.0 Å². The molecule has 9 nitrogen and oxygen atoms in total. The van der Waals surface area contributed by atoms with Gasteiger partial charge in [-0.15, -0.1) is 0 Å². The first-order valence-corrected chi connectivity index (χ1v) is 14.2. The molecule has 222 valence electrons. The van der Waals surface area contributed by atoms with Crippen LogP contribution < -0.4 is 20.2 Å². The normalized spacial score (nSPS) is 17.4. The van der Waals surface area contributed by atoms with Crippen molar-refractivity contribution in [3.63, 3.8) is 0 Å². The second kappa shape index (κ2) is 14.5. The molecule has 1 saturated heterocycles. The maximum atomic E-state index is 13.6. The molecule has 42 heavy (non-hydrogen) atoms. The summed E-state index contributed by atoms with van der Waals surface area (Å²) in [6, 6.07) is 22.3. The van der Waals surface area contributed by atoms with E-state index < -0.39 is 17.9 Å². The molecule has 1 heterocycles. The summed E-state index contributed by atoms with van der Waals surface area (Å²) >= 11 is 0. The van der Waals surface area contributed by atoms with Crippen LogP contribution in [0.5, 0.6) is 11.5 Å². The third-order valence-electron chi connectivity index (χ3n) is 7.50. The Bertz CT molecular complexity index is 1360. The molecule has 2 unspecified atom stereocenters. The van der Waals surface area contributed by atoms with Gasteiger partial charge < -0.3 is 19.9 Å². The summed E-state index contributed by atoms with van der Waals surface area (Å²) in [5, 5.41) is 13.9. The average molecular weight is 574 g/mol. The number of rotatable bonds is 13. The maximum Gasteiger partial charge on any atom is 0.305 e. The van der Waals surface area contributed by atoms with Crippen molar-refractivity contribution >= 4 is 23.5 Å². The van der Waals surface area contributed by atoms with E-state index in [4.69, 9.17) is 9.47 Å². The van der Waals surface area contributed by atoms with Gasteiger partial charge in [-0.05, 0) is 73.6 Å². The Labute approximate surface area is 246 Å². The molecule has 0 bridgehead atoms. The average Bonchev–Trinajstić information content (AvgIpc) is 2.98. The number of carboxylic acids is 1. The lowest BCUT2D eigenvalue weighted by Gasteiger charge is -2.41. The molecule has 1 aliphatic rings. The second-order valence-corrected chi connectivity index (χ2v) is 10.7. The van der Waals surface area contributed by atoms with Gasteiger partial charge in [-0.1, -0.05) is 48.5 Å². The Morgan fingerprint density at radius 1 is 0.976 bits per heavy atom. The van der Waals surface area contributed by atoms with Gasteiger partial charge in [0, 0.05) is 24.1 Å². The van der Waals surface area contributed by atoms with Crippen LogP contribution in [0.25, 0.3) is 0 Å². The quantitative estimate of drug-likeness (QED) is 0.258. The Morgan fingerprint density at radius 3 is 2.29 bits per heavy atom. The van der Waals surface area contributed by atoms with Gasteiger partial charge in [0.1, 0.15) is 0 Å². The molecule has 4 rings (SSSR count). The highest BCUT2D eigenvalue weighted by atomic mass is 16.5. The Morgan fingerprint density at radius 2 is 1.64 bits per heavy atom. The molecule has 3 aromatic carbocycles. The number of amides is 2.